The minimum absolute atomic E-state index is 0.0452. The van der Waals surface area contributed by atoms with E-state index < -0.39 is 31.1 Å². The molecule has 0 spiro atoms. The number of urea groups is 1. The van der Waals surface area contributed by atoms with Gasteiger partial charge in [-0.05, 0) is 18.2 Å². The first-order valence-corrected chi connectivity index (χ1v) is 6.19. The van der Waals surface area contributed by atoms with Crippen LogP contribution in [0.5, 0.6) is 11.5 Å². The SMILES string of the molecule is CNC(=O)NC(=O)COC(=O)c1ccc(OC(F)F)c(OC)c1. The summed E-state index contributed by atoms with van der Waals surface area (Å²) in [5.41, 5.74) is -0.0452. The Balaban J connectivity index is 2.69. The molecular weight excluding hydrogens is 318 g/mol. The van der Waals surface area contributed by atoms with Crippen molar-refractivity contribution in [1.82, 2.24) is 10.6 Å². The molecule has 0 aromatic heterocycles. The van der Waals surface area contributed by atoms with Crippen molar-refractivity contribution in [3.05, 3.63) is 23.8 Å². The van der Waals surface area contributed by atoms with Gasteiger partial charge >= 0.3 is 18.6 Å². The van der Waals surface area contributed by atoms with Gasteiger partial charge in [-0.25, -0.2) is 9.59 Å². The average molecular weight is 332 g/mol. The number of nitrogens with one attached hydrogen (secondary N) is 2. The van der Waals surface area contributed by atoms with Gasteiger partial charge < -0.3 is 19.5 Å². The molecule has 8 nitrogen and oxygen atoms in total. The molecule has 0 aliphatic carbocycles. The van der Waals surface area contributed by atoms with Crippen LogP contribution in [0.15, 0.2) is 18.2 Å². The predicted molar refractivity (Wildman–Crippen MR) is 72.5 cm³/mol. The van der Waals surface area contributed by atoms with Crippen LogP contribution in [-0.4, -0.2) is 45.3 Å². The zero-order chi connectivity index (χ0) is 17.4. The van der Waals surface area contributed by atoms with Crippen molar-refractivity contribution in [3.63, 3.8) is 0 Å². The van der Waals surface area contributed by atoms with Gasteiger partial charge in [0.2, 0.25) is 0 Å². The third-order valence-electron chi connectivity index (χ3n) is 2.43. The average Bonchev–Trinajstić information content (AvgIpc) is 2.52. The van der Waals surface area contributed by atoms with E-state index in [1.165, 1.54) is 20.2 Å². The molecule has 0 aliphatic heterocycles. The number of ether oxygens (including phenoxy) is 3. The molecule has 0 fully saturated rings. The molecule has 1 aromatic rings. The topological polar surface area (TPSA) is 103 Å². The van der Waals surface area contributed by atoms with Crippen molar-refractivity contribution in [2.24, 2.45) is 0 Å². The third kappa shape index (κ3) is 5.77. The molecule has 0 heterocycles. The largest absolute Gasteiger partial charge is 0.493 e. The summed E-state index contributed by atoms with van der Waals surface area (Å²) in [6.07, 6.45) is 0. The summed E-state index contributed by atoms with van der Waals surface area (Å²) in [6, 6.07) is 2.64. The molecular formula is C13H14F2N2O6. The summed E-state index contributed by atoms with van der Waals surface area (Å²) in [7, 11) is 2.52. The molecule has 126 valence electrons. The summed E-state index contributed by atoms with van der Waals surface area (Å²) in [6.45, 7) is -3.74. The smallest absolute Gasteiger partial charge is 0.387 e. The van der Waals surface area contributed by atoms with Gasteiger partial charge in [-0.3, -0.25) is 10.1 Å². The first-order chi connectivity index (χ1) is 10.9. The van der Waals surface area contributed by atoms with E-state index >= 15 is 0 Å². The van der Waals surface area contributed by atoms with Gasteiger partial charge in [-0.2, -0.15) is 8.78 Å². The Morgan fingerprint density at radius 1 is 1.22 bits per heavy atom. The molecule has 10 heteroatoms. The van der Waals surface area contributed by atoms with Gasteiger partial charge in [0.05, 0.1) is 12.7 Å². The molecule has 0 saturated carbocycles. The maximum Gasteiger partial charge on any atom is 0.387 e. The van der Waals surface area contributed by atoms with Crippen LogP contribution in [-0.2, 0) is 9.53 Å². The molecule has 2 N–H and O–H groups in total. The van der Waals surface area contributed by atoms with Crippen LogP contribution in [0.25, 0.3) is 0 Å². The van der Waals surface area contributed by atoms with Crippen LogP contribution < -0.4 is 20.1 Å². The molecule has 3 amide bonds. The summed E-state index contributed by atoms with van der Waals surface area (Å²) >= 11 is 0. The van der Waals surface area contributed by atoms with E-state index in [1.54, 1.807) is 0 Å². The summed E-state index contributed by atoms with van der Waals surface area (Å²) in [4.78, 5) is 33.9. The number of methoxy groups -OCH3 is 1. The molecule has 1 aromatic carbocycles. The molecule has 0 radical (unpaired) electrons. The Bertz CT molecular complexity index is 594. The lowest BCUT2D eigenvalue weighted by molar-refractivity contribution is -0.123. The van der Waals surface area contributed by atoms with Crippen LogP contribution in [0.4, 0.5) is 13.6 Å². The lowest BCUT2D eigenvalue weighted by Gasteiger charge is -2.11. The third-order valence-corrected chi connectivity index (χ3v) is 2.43. The van der Waals surface area contributed by atoms with Gasteiger partial charge in [0, 0.05) is 7.05 Å². The number of alkyl halides is 2. The molecule has 23 heavy (non-hydrogen) atoms. The van der Waals surface area contributed by atoms with Crippen molar-refractivity contribution < 1.29 is 37.4 Å². The van der Waals surface area contributed by atoms with Gasteiger partial charge in [0.1, 0.15) is 0 Å². The summed E-state index contributed by atoms with van der Waals surface area (Å²) < 4.78 is 38.1. The Kier molecular flexibility index (Phi) is 6.71. The highest BCUT2D eigenvalue weighted by atomic mass is 19.3. The second-order valence-electron chi connectivity index (χ2n) is 3.95. The number of esters is 1. The number of hydrogen-bond acceptors (Lipinski definition) is 6. The van der Waals surface area contributed by atoms with Crippen LogP contribution in [0.2, 0.25) is 0 Å². The fourth-order valence-corrected chi connectivity index (χ4v) is 1.43. The minimum Gasteiger partial charge on any atom is -0.493 e. The Morgan fingerprint density at radius 2 is 1.91 bits per heavy atom. The normalized spacial score (nSPS) is 9.96. The predicted octanol–water partition coefficient (Wildman–Crippen LogP) is 0.909. The van der Waals surface area contributed by atoms with E-state index in [-0.39, 0.29) is 17.1 Å². The first-order valence-electron chi connectivity index (χ1n) is 6.19. The van der Waals surface area contributed by atoms with Crippen molar-refractivity contribution in [1.29, 1.82) is 0 Å². The monoisotopic (exact) mass is 332 g/mol. The second kappa shape index (κ2) is 8.51. The standard InChI is InChI=1S/C13H14F2N2O6/c1-16-13(20)17-10(18)6-22-11(19)7-3-4-8(23-12(14)15)9(5-7)21-2/h3-5,12H,6H2,1-2H3,(H2,16,17,18,20). The van der Waals surface area contributed by atoms with E-state index in [1.807, 2.05) is 5.32 Å². The highest BCUT2D eigenvalue weighted by Crippen LogP contribution is 2.29. The number of carbonyl (C=O) groups is 3. The van der Waals surface area contributed by atoms with E-state index in [0.717, 1.165) is 12.1 Å². The molecule has 0 bridgehead atoms. The Morgan fingerprint density at radius 3 is 2.48 bits per heavy atom. The lowest BCUT2D eigenvalue weighted by atomic mass is 10.2. The van der Waals surface area contributed by atoms with Crippen molar-refractivity contribution >= 4 is 17.9 Å². The van der Waals surface area contributed by atoms with Crippen molar-refractivity contribution in [2.45, 2.75) is 6.61 Å². The van der Waals surface area contributed by atoms with E-state index in [9.17, 15) is 23.2 Å². The number of imide groups is 1. The molecule has 1 rings (SSSR count). The van der Waals surface area contributed by atoms with Gasteiger partial charge in [0.25, 0.3) is 5.91 Å². The molecule has 0 aliphatic rings. The fourth-order valence-electron chi connectivity index (χ4n) is 1.43. The summed E-state index contributed by atoms with van der Waals surface area (Å²) in [5.74, 6) is -2.09. The molecule has 0 unspecified atom stereocenters. The van der Waals surface area contributed by atoms with Crippen LogP contribution >= 0.6 is 0 Å². The van der Waals surface area contributed by atoms with Gasteiger partial charge in [-0.1, -0.05) is 0 Å². The quantitative estimate of drug-likeness (QED) is 0.751. The van der Waals surface area contributed by atoms with Crippen molar-refractivity contribution in [3.8, 4) is 11.5 Å². The Labute approximate surface area is 129 Å². The lowest BCUT2D eigenvalue weighted by Crippen LogP contribution is -2.39. The minimum atomic E-state index is -3.05. The number of halogens is 2. The van der Waals surface area contributed by atoms with E-state index in [0.29, 0.717) is 0 Å². The van der Waals surface area contributed by atoms with Crippen LogP contribution in [0, 0.1) is 0 Å². The maximum absolute atomic E-state index is 12.2. The first kappa shape index (κ1) is 18.1. The number of amides is 3. The molecule has 0 saturated heterocycles. The Hall–Kier alpha value is -2.91. The highest BCUT2D eigenvalue weighted by molar-refractivity contribution is 5.97. The zero-order valence-corrected chi connectivity index (χ0v) is 12.2. The number of carbonyl (C=O) groups excluding carboxylic acids is 3. The molecule has 0 atom stereocenters. The van der Waals surface area contributed by atoms with E-state index in [2.05, 4.69) is 14.8 Å². The van der Waals surface area contributed by atoms with Crippen LogP contribution in [0.3, 0.4) is 0 Å². The number of benzene rings is 1. The second-order valence-corrected chi connectivity index (χ2v) is 3.95. The highest BCUT2D eigenvalue weighted by Gasteiger charge is 2.16. The maximum atomic E-state index is 12.2. The number of hydrogen-bond donors (Lipinski definition) is 2. The van der Waals surface area contributed by atoms with Crippen LogP contribution in [0.1, 0.15) is 10.4 Å². The van der Waals surface area contributed by atoms with E-state index in [4.69, 9.17) is 4.74 Å². The number of rotatable bonds is 6. The van der Waals surface area contributed by atoms with Crippen molar-refractivity contribution in [2.75, 3.05) is 20.8 Å². The zero-order valence-electron chi connectivity index (χ0n) is 12.2. The van der Waals surface area contributed by atoms with Gasteiger partial charge in [-0.15, -0.1) is 0 Å². The fraction of sp³-hybridized carbons (Fsp3) is 0.308. The summed E-state index contributed by atoms with van der Waals surface area (Å²) in [5, 5.41) is 4.04. The van der Waals surface area contributed by atoms with Gasteiger partial charge in [0.15, 0.2) is 18.1 Å².